The van der Waals surface area contributed by atoms with E-state index in [9.17, 15) is 13.6 Å². The minimum atomic E-state index is -3.06. The summed E-state index contributed by atoms with van der Waals surface area (Å²) in [5, 5.41) is 3.74. The minimum Gasteiger partial charge on any atom is -0.434 e. The van der Waals surface area contributed by atoms with E-state index in [2.05, 4.69) is 38.4 Å². The first-order valence-electron chi connectivity index (χ1n) is 10.2. The van der Waals surface area contributed by atoms with Gasteiger partial charge in [0, 0.05) is 30.0 Å². The number of thiazole rings is 1. The van der Waals surface area contributed by atoms with Crippen LogP contribution in [0, 0.1) is 11.8 Å². The van der Waals surface area contributed by atoms with E-state index in [1.807, 2.05) is 19.0 Å². The largest absolute Gasteiger partial charge is 0.434 e. The predicted octanol–water partition coefficient (Wildman–Crippen LogP) is 4.84. The van der Waals surface area contributed by atoms with Crippen molar-refractivity contribution >= 4 is 40.1 Å². The van der Waals surface area contributed by atoms with E-state index in [1.165, 1.54) is 24.3 Å². The van der Waals surface area contributed by atoms with Gasteiger partial charge < -0.3 is 15.0 Å². The van der Waals surface area contributed by atoms with Crippen molar-refractivity contribution in [2.75, 3.05) is 33.0 Å². The van der Waals surface area contributed by atoms with Crippen molar-refractivity contribution in [1.29, 1.82) is 0 Å². The summed E-state index contributed by atoms with van der Waals surface area (Å²) in [7, 11) is 5.49. The monoisotopic (exact) mass is 517 g/mol. The zero-order valence-electron chi connectivity index (χ0n) is 19.2. The normalized spacial score (nSPS) is 14.1. The van der Waals surface area contributed by atoms with Crippen molar-refractivity contribution in [2.24, 2.45) is 4.99 Å². The molecular formula is C24H22ClF2N5O2S. The van der Waals surface area contributed by atoms with Gasteiger partial charge in [-0.2, -0.15) is 8.78 Å². The summed E-state index contributed by atoms with van der Waals surface area (Å²) in [5.41, 5.74) is 0.598. The van der Waals surface area contributed by atoms with E-state index < -0.39 is 12.5 Å². The standard InChI is InChI=1S/C24H22ClF2N5O2S/c1-5-16(21-28-11-7-13-32(21)4)22(33)30-23-20(29-19(35-23)8-6-12-31(2)3)17-14-15(25)9-10-18(17)34-24(26)27/h5,7,9-11,13-14,24H,1,12H2,2-4H3,(H,30,33)/b21-16+. The third-order valence-electron chi connectivity index (χ3n) is 4.47. The quantitative estimate of drug-likeness (QED) is 0.420. The Morgan fingerprint density at radius 1 is 1.43 bits per heavy atom. The number of hydrogen-bond acceptors (Lipinski definition) is 7. The second kappa shape index (κ2) is 11.8. The molecule has 2 heterocycles. The molecular weight excluding hydrogens is 496 g/mol. The summed E-state index contributed by atoms with van der Waals surface area (Å²) in [6.07, 6.45) is 6.42. The predicted molar refractivity (Wildman–Crippen MR) is 136 cm³/mol. The fourth-order valence-corrected chi connectivity index (χ4v) is 3.98. The summed E-state index contributed by atoms with van der Waals surface area (Å²) in [5.74, 6) is 5.65. The molecule has 1 amide bonds. The molecule has 0 bridgehead atoms. The van der Waals surface area contributed by atoms with Crippen LogP contribution in [-0.4, -0.2) is 61.2 Å². The highest BCUT2D eigenvalue weighted by Gasteiger charge is 2.23. The van der Waals surface area contributed by atoms with Gasteiger partial charge in [0.05, 0.1) is 12.1 Å². The molecule has 11 heteroatoms. The fraction of sp³-hybridized carbons (Fsp3) is 0.208. The summed E-state index contributed by atoms with van der Waals surface area (Å²) in [6, 6.07) is 4.19. The first-order valence-corrected chi connectivity index (χ1v) is 11.4. The number of nitrogens with one attached hydrogen (secondary N) is 1. The number of ether oxygens (including phenoxy) is 1. The van der Waals surface area contributed by atoms with Crippen LogP contribution in [0.5, 0.6) is 5.75 Å². The summed E-state index contributed by atoms with van der Waals surface area (Å²) >= 11 is 7.24. The Hall–Kier alpha value is -3.52. The van der Waals surface area contributed by atoms with E-state index in [0.29, 0.717) is 17.4 Å². The second-order valence-electron chi connectivity index (χ2n) is 7.38. The maximum Gasteiger partial charge on any atom is 0.387 e. The van der Waals surface area contributed by atoms with Crippen LogP contribution in [0.1, 0.15) is 5.01 Å². The Bertz CT molecular complexity index is 1270. The highest BCUT2D eigenvalue weighted by atomic mass is 35.5. The molecule has 0 spiro atoms. The Labute approximate surface area is 211 Å². The zero-order valence-corrected chi connectivity index (χ0v) is 20.8. The van der Waals surface area contributed by atoms with Crippen LogP contribution >= 0.6 is 22.9 Å². The van der Waals surface area contributed by atoms with E-state index in [0.717, 1.165) is 11.3 Å². The van der Waals surface area contributed by atoms with Gasteiger partial charge in [-0.3, -0.25) is 9.69 Å². The van der Waals surface area contributed by atoms with Gasteiger partial charge in [-0.15, -0.1) is 0 Å². The molecule has 0 fully saturated rings. The molecule has 7 nitrogen and oxygen atoms in total. The molecule has 0 atom stereocenters. The summed E-state index contributed by atoms with van der Waals surface area (Å²) in [6.45, 7) is 1.16. The average Bonchev–Trinajstić information content (AvgIpc) is 3.18. The van der Waals surface area contributed by atoms with Gasteiger partial charge in [-0.05, 0) is 44.3 Å². The first kappa shape index (κ1) is 26.1. The molecule has 2 aromatic rings. The molecule has 1 aromatic carbocycles. The number of carbonyl (C=O) groups is 1. The maximum atomic E-state index is 13.2. The van der Waals surface area contributed by atoms with Crippen molar-refractivity contribution in [3.63, 3.8) is 0 Å². The number of halogens is 3. The zero-order chi connectivity index (χ0) is 25.5. The number of aromatic nitrogens is 1. The van der Waals surface area contributed by atoms with Crippen LogP contribution in [0.2, 0.25) is 5.02 Å². The molecule has 182 valence electrons. The molecule has 3 rings (SSSR count). The van der Waals surface area contributed by atoms with Gasteiger partial charge in [0.2, 0.25) is 0 Å². The molecule has 0 saturated carbocycles. The van der Waals surface area contributed by atoms with Gasteiger partial charge >= 0.3 is 6.61 Å². The van der Waals surface area contributed by atoms with Crippen LogP contribution in [0.3, 0.4) is 0 Å². The molecule has 0 unspecified atom stereocenters. The summed E-state index contributed by atoms with van der Waals surface area (Å²) in [4.78, 5) is 25.5. The number of rotatable bonds is 7. The van der Waals surface area contributed by atoms with Crippen molar-refractivity contribution in [1.82, 2.24) is 14.8 Å². The lowest BCUT2D eigenvalue weighted by atomic mass is 10.1. The third kappa shape index (κ3) is 6.76. The van der Waals surface area contributed by atoms with Crippen LogP contribution in [-0.2, 0) is 4.79 Å². The highest BCUT2D eigenvalue weighted by Crippen LogP contribution is 2.40. The maximum absolute atomic E-state index is 13.2. The molecule has 0 saturated heterocycles. The SMILES string of the molecule is C=C/C(C(=O)Nc1sc(C#CCN(C)C)nc1-c1cc(Cl)ccc1OC(F)F)=C1/N=CC=CN1C. The van der Waals surface area contributed by atoms with Crippen LogP contribution < -0.4 is 10.1 Å². The Morgan fingerprint density at radius 2 is 2.20 bits per heavy atom. The van der Waals surface area contributed by atoms with Crippen LogP contribution in [0.4, 0.5) is 13.8 Å². The fourth-order valence-electron chi connectivity index (χ4n) is 2.96. The highest BCUT2D eigenvalue weighted by molar-refractivity contribution is 7.17. The molecule has 1 aromatic heterocycles. The number of hydrogen-bond donors (Lipinski definition) is 1. The molecule has 0 radical (unpaired) electrons. The average molecular weight is 518 g/mol. The molecule has 1 aliphatic heterocycles. The van der Waals surface area contributed by atoms with E-state index >= 15 is 0 Å². The van der Waals surface area contributed by atoms with Crippen molar-refractivity contribution in [2.45, 2.75) is 6.61 Å². The van der Waals surface area contributed by atoms with Crippen molar-refractivity contribution in [3.8, 4) is 28.8 Å². The smallest absolute Gasteiger partial charge is 0.387 e. The van der Waals surface area contributed by atoms with E-state index in [1.54, 1.807) is 30.4 Å². The number of allylic oxidation sites excluding steroid dienone is 1. The topological polar surface area (TPSA) is 70.1 Å². The molecule has 1 aliphatic rings. The number of benzene rings is 1. The second-order valence-corrected chi connectivity index (χ2v) is 8.82. The Morgan fingerprint density at radius 3 is 2.86 bits per heavy atom. The van der Waals surface area contributed by atoms with Gasteiger partial charge in [-0.25, -0.2) is 9.98 Å². The first-order chi connectivity index (χ1) is 16.7. The molecule has 0 aliphatic carbocycles. The van der Waals surface area contributed by atoms with E-state index in [-0.39, 0.29) is 32.6 Å². The molecule has 1 N–H and O–H groups in total. The minimum absolute atomic E-state index is 0.137. The number of aliphatic imine (C=N–C) groups is 1. The number of anilines is 1. The molecule has 35 heavy (non-hydrogen) atoms. The Balaban J connectivity index is 2.09. The van der Waals surface area contributed by atoms with E-state index in [4.69, 9.17) is 11.6 Å². The lowest BCUT2D eigenvalue weighted by Crippen LogP contribution is -2.21. The van der Waals surface area contributed by atoms with Gasteiger partial charge in [0.25, 0.3) is 5.91 Å². The lowest BCUT2D eigenvalue weighted by molar-refractivity contribution is -0.112. The lowest BCUT2D eigenvalue weighted by Gasteiger charge is -2.19. The summed E-state index contributed by atoms with van der Waals surface area (Å²) < 4.78 is 30.8. The van der Waals surface area contributed by atoms with Crippen LogP contribution in [0.25, 0.3) is 11.3 Å². The van der Waals surface area contributed by atoms with Gasteiger partial charge in [-0.1, -0.05) is 41.5 Å². The van der Waals surface area contributed by atoms with Crippen molar-refractivity contribution < 1.29 is 18.3 Å². The third-order valence-corrected chi connectivity index (χ3v) is 5.60. The number of amides is 1. The van der Waals surface area contributed by atoms with Gasteiger partial charge in [0.1, 0.15) is 22.3 Å². The number of nitrogens with zero attached hydrogens (tertiary/aromatic N) is 4. The van der Waals surface area contributed by atoms with Crippen molar-refractivity contribution in [3.05, 3.63) is 64.6 Å². The number of carbonyl (C=O) groups excluding carboxylic acids is 1. The number of alkyl halides is 2. The Kier molecular flexibility index (Phi) is 8.76. The van der Waals surface area contributed by atoms with Gasteiger partial charge in [0.15, 0.2) is 5.01 Å². The van der Waals surface area contributed by atoms with Crippen LogP contribution in [0.15, 0.2) is 59.5 Å².